The molecule has 3 rings (SSSR count). The molecule has 0 amide bonds. The normalized spacial score (nSPS) is 29.6. The number of hydrogen-bond acceptors (Lipinski definition) is 3. The van der Waals surface area contributed by atoms with Crippen molar-refractivity contribution in [2.45, 2.75) is 32.3 Å². The van der Waals surface area contributed by atoms with Crippen LogP contribution in [0.1, 0.15) is 25.3 Å². The second-order valence-corrected chi connectivity index (χ2v) is 6.21. The number of rotatable bonds is 5. The van der Waals surface area contributed by atoms with Crippen molar-refractivity contribution < 1.29 is 9.84 Å². The van der Waals surface area contributed by atoms with Gasteiger partial charge in [0, 0.05) is 19.6 Å². The molecule has 1 N–H and O–H groups in total. The number of likely N-dealkylation sites (tertiary alicyclic amines) is 1. The molecule has 110 valence electrons. The van der Waals surface area contributed by atoms with E-state index in [9.17, 15) is 5.11 Å². The Kier molecular flexibility index (Phi) is 4.27. The van der Waals surface area contributed by atoms with Crippen LogP contribution in [0.15, 0.2) is 24.3 Å². The molecule has 0 aromatic heterocycles. The summed E-state index contributed by atoms with van der Waals surface area (Å²) in [6.45, 7) is 6.20. The van der Waals surface area contributed by atoms with Gasteiger partial charge >= 0.3 is 0 Å². The van der Waals surface area contributed by atoms with E-state index in [-0.39, 0.29) is 6.10 Å². The standard InChI is InChI=1S/C17H25NO2/c1-2-13-5-3-4-6-17(13)20-8-7-18-11-14-9-16(19)10-15(14)12-18/h3-6,14-16,19H,2,7-12H2,1H3/t14-,15+,16?. The largest absolute Gasteiger partial charge is 0.492 e. The molecule has 0 spiro atoms. The molecule has 1 saturated carbocycles. The van der Waals surface area contributed by atoms with Crippen LogP contribution in [-0.4, -0.2) is 42.4 Å². The fraction of sp³-hybridized carbons (Fsp3) is 0.647. The summed E-state index contributed by atoms with van der Waals surface area (Å²) in [4.78, 5) is 2.50. The van der Waals surface area contributed by atoms with Crippen LogP contribution >= 0.6 is 0 Å². The molecular formula is C17H25NO2. The van der Waals surface area contributed by atoms with Crippen LogP contribution in [0, 0.1) is 11.8 Å². The molecule has 3 heteroatoms. The summed E-state index contributed by atoms with van der Waals surface area (Å²) in [7, 11) is 0. The molecule has 3 atom stereocenters. The Morgan fingerprint density at radius 3 is 2.60 bits per heavy atom. The predicted octanol–water partition coefficient (Wildman–Crippen LogP) is 2.33. The Balaban J connectivity index is 1.45. The van der Waals surface area contributed by atoms with Gasteiger partial charge in [-0.15, -0.1) is 0 Å². The summed E-state index contributed by atoms with van der Waals surface area (Å²) < 4.78 is 5.94. The van der Waals surface area contributed by atoms with Crippen LogP contribution in [0.3, 0.4) is 0 Å². The van der Waals surface area contributed by atoms with Gasteiger partial charge in [0.05, 0.1) is 6.10 Å². The molecule has 1 aromatic carbocycles. The Labute approximate surface area is 121 Å². The van der Waals surface area contributed by atoms with Crippen molar-refractivity contribution in [3.8, 4) is 5.75 Å². The molecule has 3 nitrogen and oxygen atoms in total. The summed E-state index contributed by atoms with van der Waals surface area (Å²) in [5.41, 5.74) is 1.29. The Morgan fingerprint density at radius 2 is 1.90 bits per heavy atom. The fourth-order valence-corrected chi connectivity index (χ4v) is 3.77. The first-order valence-corrected chi connectivity index (χ1v) is 7.87. The number of aliphatic hydroxyl groups is 1. The second-order valence-electron chi connectivity index (χ2n) is 6.21. The van der Waals surface area contributed by atoms with Crippen molar-refractivity contribution in [3.63, 3.8) is 0 Å². The van der Waals surface area contributed by atoms with E-state index < -0.39 is 0 Å². The molecule has 1 aromatic rings. The van der Waals surface area contributed by atoms with Gasteiger partial charge in [-0.25, -0.2) is 0 Å². The zero-order chi connectivity index (χ0) is 13.9. The highest BCUT2D eigenvalue weighted by Crippen LogP contribution is 2.37. The minimum Gasteiger partial charge on any atom is -0.492 e. The van der Waals surface area contributed by atoms with Crippen molar-refractivity contribution >= 4 is 0 Å². The summed E-state index contributed by atoms with van der Waals surface area (Å²) in [5, 5.41) is 9.66. The van der Waals surface area contributed by atoms with E-state index in [1.807, 2.05) is 6.07 Å². The summed E-state index contributed by atoms with van der Waals surface area (Å²) in [6.07, 6.45) is 2.98. The predicted molar refractivity (Wildman–Crippen MR) is 80.0 cm³/mol. The third-order valence-corrected chi connectivity index (χ3v) is 4.82. The number of fused-ring (bicyclic) bond motifs is 1. The van der Waals surface area contributed by atoms with Gasteiger partial charge in [-0.2, -0.15) is 0 Å². The van der Waals surface area contributed by atoms with Gasteiger partial charge in [0.2, 0.25) is 0 Å². The smallest absolute Gasteiger partial charge is 0.122 e. The van der Waals surface area contributed by atoms with Crippen LogP contribution in [0.4, 0.5) is 0 Å². The van der Waals surface area contributed by atoms with Crippen LogP contribution in [-0.2, 0) is 6.42 Å². The minimum absolute atomic E-state index is 0.0418. The van der Waals surface area contributed by atoms with Gasteiger partial charge in [-0.3, -0.25) is 4.90 Å². The van der Waals surface area contributed by atoms with Crippen molar-refractivity contribution in [2.24, 2.45) is 11.8 Å². The molecule has 1 aliphatic carbocycles. The SMILES string of the molecule is CCc1ccccc1OCCN1C[C@H]2CC(O)C[C@H]2C1. The monoisotopic (exact) mass is 275 g/mol. The average Bonchev–Trinajstić information content (AvgIpc) is 2.96. The molecule has 0 radical (unpaired) electrons. The van der Waals surface area contributed by atoms with Crippen molar-refractivity contribution in [3.05, 3.63) is 29.8 Å². The van der Waals surface area contributed by atoms with Crippen LogP contribution in [0.25, 0.3) is 0 Å². The van der Waals surface area contributed by atoms with Crippen molar-refractivity contribution in [1.29, 1.82) is 0 Å². The van der Waals surface area contributed by atoms with Gasteiger partial charge < -0.3 is 9.84 Å². The maximum absolute atomic E-state index is 9.66. The molecule has 2 aliphatic rings. The quantitative estimate of drug-likeness (QED) is 0.895. The highest BCUT2D eigenvalue weighted by Gasteiger charge is 2.39. The third kappa shape index (κ3) is 2.99. The first kappa shape index (κ1) is 13.9. The lowest BCUT2D eigenvalue weighted by Crippen LogP contribution is -2.28. The number of ether oxygens (including phenoxy) is 1. The lowest BCUT2D eigenvalue weighted by Gasteiger charge is -2.18. The maximum atomic E-state index is 9.66. The fourth-order valence-electron chi connectivity index (χ4n) is 3.77. The first-order valence-electron chi connectivity index (χ1n) is 7.87. The summed E-state index contributed by atoms with van der Waals surface area (Å²) in [5.74, 6) is 2.46. The lowest BCUT2D eigenvalue weighted by atomic mass is 10.0. The van der Waals surface area contributed by atoms with Gasteiger partial charge in [0.15, 0.2) is 0 Å². The number of aliphatic hydroxyl groups excluding tert-OH is 1. The highest BCUT2D eigenvalue weighted by atomic mass is 16.5. The van der Waals surface area contributed by atoms with Gasteiger partial charge in [0.25, 0.3) is 0 Å². The number of hydrogen-bond donors (Lipinski definition) is 1. The van der Waals surface area contributed by atoms with Gasteiger partial charge in [0.1, 0.15) is 12.4 Å². The van der Waals surface area contributed by atoms with E-state index in [1.54, 1.807) is 0 Å². The van der Waals surface area contributed by atoms with E-state index in [4.69, 9.17) is 4.74 Å². The molecule has 1 heterocycles. The first-order chi connectivity index (χ1) is 9.76. The zero-order valence-corrected chi connectivity index (χ0v) is 12.3. The number of nitrogens with zero attached hydrogens (tertiary/aromatic N) is 1. The highest BCUT2D eigenvalue weighted by molar-refractivity contribution is 5.33. The van der Waals surface area contributed by atoms with E-state index in [2.05, 4.69) is 30.0 Å². The van der Waals surface area contributed by atoms with Crippen LogP contribution in [0.5, 0.6) is 5.75 Å². The molecule has 2 fully saturated rings. The zero-order valence-electron chi connectivity index (χ0n) is 12.3. The topological polar surface area (TPSA) is 32.7 Å². The number of aryl methyl sites for hydroxylation is 1. The van der Waals surface area contributed by atoms with E-state index >= 15 is 0 Å². The van der Waals surface area contributed by atoms with Crippen LogP contribution in [0.2, 0.25) is 0 Å². The van der Waals surface area contributed by atoms with E-state index in [1.165, 1.54) is 5.56 Å². The molecule has 0 bridgehead atoms. The second kappa shape index (κ2) is 6.15. The molecule has 20 heavy (non-hydrogen) atoms. The summed E-state index contributed by atoms with van der Waals surface area (Å²) in [6, 6.07) is 8.31. The lowest BCUT2D eigenvalue weighted by molar-refractivity contribution is 0.157. The molecule has 1 aliphatic heterocycles. The number of para-hydroxylation sites is 1. The average molecular weight is 275 g/mol. The third-order valence-electron chi connectivity index (χ3n) is 4.82. The Morgan fingerprint density at radius 1 is 1.20 bits per heavy atom. The van der Waals surface area contributed by atoms with E-state index in [0.717, 1.165) is 51.3 Å². The minimum atomic E-state index is -0.0418. The molecule has 1 unspecified atom stereocenters. The Bertz CT molecular complexity index is 434. The summed E-state index contributed by atoms with van der Waals surface area (Å²) >= 11 is 0. The van der Waals surface area contributed by atoms with E-state index in [0.29, 0.717) is 11.8 Å². The van der Waals surface area contributed by atoms with Crippen LogP contribution < -0.4 is 4.74 Å². The van der Waals surface area contributed by atoms with Gasteiger partial charge in [-0.05, 0) is 42.7 Å². The van der Waals surface area contributed by atoms with Gasteiger partial charge in [-0.1, -0.05) is 25.1 Å². The Hall–Kier alpha value is -1.06. The molecule has 1 saturated heterocycles. The molecular weight excluding hydrogens is 250 g/mol. The van der Waals surface area contributed by atoms with Crippen molar-refractivity contribution in [2.75, 3.05) is 26.2 Å². The maximum Gasteiger partial charge on any atom is 0.122 e. The number of benzene rings is 1. The van der Waals surface area contributed by atoms with Crippen molar-refractivity contribution in [1.82, 2.24) is 4.90 Å².